The lowest BCUT2D eigenvalue weighted by Crippen LogP contribution is -2.34. The van der Waals surface area contributed by atoms with Crippen LogP contribution in [0, 0.1) is 0 Å². The van der Waals surface area contributed by atoms with Crippen LogP contribution < -0.4 is 5.73 Å². The normalized spacial score (nSPS) is 16.5. The van der Waals surface area contributed by atoms with Gasteiger partial charge in [0.1, 0.15) is 0 Å². The van der Waals surface area contributed by atoms with Gasteiger partial charge in [-0.1, -0.05) is 49.7 Å². The van der Waals surface area contributed by atoms with E-state index in [-0.39, 0.29) is 6.04 Å². The molecule has 1 fully saturated rings. The number of benzene rings is 2. The summed E-state index contributed by atoms with van der Waals surface area (Å²) in [5.74, 6) is 0. The molecule has 3 rings (SSSR count). The molecule has 2 nitrogen and oxygen atoms in total. The molecule has 0 amide bonds. The monoisotopic (exact) mass is 282 g/mol. The van der Waals surface area contributed by atoms with E-state index < -0.39 is 0 Å². The summed E-state index contributed by atoms with van der Waals surface area (Å²) in [6.45, 7) is 4.44. The van der Waals surface area contributed by atoms with Gasteiger partial charge in [0.15, 0.2) is 0 Å². The smallest absolute Gasteiger partial charge is 0.0424 e. The second-order valence-corrected chi connectivity index (χ2v) is 6.29. The molecule has 21 heavy (non-hydrogen) atoms. The zero-order valence-corrected chi connectivity index (χ0v) is 13.0. The largest absolute Gasteiger partial charge is 0.323 e. The molecule has 1 aliphatic carbocycles. The summed E-state index contributed by atoms with van der Waals surface area (Å²) in [5, 5.41) is 2.58. The van der Waals surface area contributed by atoms with Crippen molar-refractivity contribution in [2.75, 3.05) is 13.1 Å². The van der Waals surface area contributed by atoms with Crippen molar-refractivity contribution in [3.63, 3.8) is 0 Å². The highest BCUT2D eigenvalue weighted by atomic mass is 15.2. The molecule has 0 saturated heterocycles. The Morgan fingerprint density at radius 1 is 1.14 bits per heavy atom. The summed E-state index contributed by atoms with van der Waals surface area (Å²) in [4.78, 5) is 2.60. The molecule has 2 aromatic carbocycles. The van der Waals surface area contributed by atoms with Crippen molar-refractivity contribution in [3.8, 4) is 0 Å². The Morgan fingerprint density at radius 3 is 2.62 bits per heavy atom. The van der Waals surface area contributed by atoms with Crippen LogP contribution in [-0.4, -0.2) is 24.0 Å². The Bertz CT molecular complexity index is 589. The number of hydrogen-bond acceptors (Lipinski definition) is 2. The van der Waals surface area contributed by atoms with Crippen LogP contribution >= 0.6 is 0 Å². The SMILES string of the molecule is CCCCN(CC(N)c1ccc2ccccc2c1)C1CC1. The van der Waals surface area contributed by atoms with Gasteiger partial charge in [-0.25, -0.2) is 0 Å². The summed E-state index contributed by atoms with van der Waals surface area (Å²) in [5.41, 5.74) is 7.74. The molecule has 0 bridgehead atoms. The minimum Gasteiger partial charge on any atom is -0.323 e. The molecule has 1 atom stereocenters. The van der Waals surface area contributed by atoms with Gasteiger partial charge in [-0.3, -0.25) is 4.90 Å². The minimum absolute atomic E-state index is 0.118. The topological polar surface area (TPSA) is 29.3 Å². The van der Waals surface area contributed by atoms with Crippen molar-refractivity contribution in [1.82, 2.24) is 4.90 Å². The highest BCUT2D eigenvalue weighted by Gasteiger charge is 2.29. The van der Waals surface area contributed by atoms with E-state index in [0.717, 1.165) is 12.6 Å². The summed E-state index contributed by atoms with van der Waals surface area (Å²) >= 11 is 0. The predicted molar refractivity (Wildman–Crippen MR) is 90.4 cm³/mol. The maximum Gasteiger partial charge on any atom is 0.0424 e. The van der Waals surface area contributed by atoms with Gasteiger partial charge in [0.25, 0.3) is 0 Å². The van der Waals surface area contributed by atoms with Crippen molar-refractivity contribution >= 4 is 10.8 Å². The predicted octanol–water partition coefficient (Wildman–Crippen LogP) is 4.10. The fourth-order valence-corrected chi connectivity index (χ4v) is 3.02. The van der Waals surface area contributed by atoms with Gasteiger partial charge < -0.3 is 5.73 Å². The third-order valence-electron chi connectivity index (χ3n) is 4.50. The third kappa shape index (κ3) is 3.63. The van der Waals surface area contributed by atoms with Crippen LogP contribution in [0.5, 0.6) is 0 Å². The summed E-state index contributed by atoms with van der Waals surface area (Å²) in [6.07, 6.45) is 5.25. The Hall–Kier alpha value is -1.38. The van der Waals surface area contributed by atoms with E-state index >= 15 is 0 Å². The number of nitrogens with zero attached hydrogens (tertiary/aromatic N) is 1. The molecule has 2 N–H and O–H groups in total. The molecule has 2 heteroatoms. The quantitative estimate of drug-likeness (QED) is 0.828. The second-order valence-electron chi connectivity index (χ2n) is 6.29. The van der Waals surface area contributed by atoms with Crippen LogP contribution in [0.15, 0.2) is 42.5 Å². The zero-order chi connectivity index (χ0) is 14.7. The van der Waals surface area contributed by atoms with Gasteiger partial charge in [0.05, 0.1) is 0 Å². The van der Waals surface area contributed by atoms with Crippen molar-refractivity contribution in [3.05, 3.63) is 48.0 Å². The Morgan fingerprint density at radius 2 is 1.90 bits per heavy atom. The van der Waals surface area contributed by atoms with Crippen molar-refractivity contribution in [2.45, 2.75) is 44.7 Å². The average molecular weight is 282 g/mol. The molecule has 1 aliphatic rings. The zero-order valence-electron chi connectivity index (χ0n) is 13.0. The molecular formula is C19H26N2. The van der Waals surface area contributed by atoms with E-state index in [1.807, 2.05) is 0 Å². The van der Waals surface area contributed by atoms with Gasteiger partial charge in [-0.2, -0.15) is 0 Å². The third-order valence-corrected chi connectivity index (χ3v) is 4.50. The first-order valence-corrected chi connectivity index (χ1v) is 8.26. The molecule has 0 aliphatic heterocycles. The Balaban J connectivity index is 1.71. The van der Waals surface area contributed by atoms with Gasteiger partial charge in [0, 0.05) is 18.6 Å². The van der Waals surface area contributed by atoms with Crippen molar-refractivity contribution in [1.29, 1.82) is 0 Å². The number of unbranched alkanes of at least 4 members (excludes halogenated alkanes) is 1. The lowest BCUT2D eigenvalue weighted by molar-refractivity contribution is 0.244. The molecule has 2 aromatic rings. The van der Waals surface area contributed by atoms with E-state index in [0.29, 0.717) is 0 Å². The molecule has 112 valence electrons. The fraction of sp³-hybridized carbons (Fsp3) is 0.474. The second kappa shape index (κ2) is 6.59. The maximum absolute atomic E-state index is 6.48. The first-order valence-electron chi connectivity index (χ1n) is 8.26. The van der Waals surface area contributed by atoms with E-state index in [1.54, 1.807) is 0 Å². The Kier molecular flexibility index (Phi) is 4.57. The van der Waals surface area contributed by atoms with Crippen LogP contribution in [0.3, 0.4) is 0 Å². The number of hydrogen-bond donors (Lipinski definition) is 1. The minimum atomic E-state index is 0.118. The molecule has 0 spiro atoms. The number of nitrogens with two attached hydrogens (primary N) is 1. The van der Waals surface area contributed by atoms with E-state index in [9.17, 15) is 0 Å². The van der Waals surface area contributed by atoms with E-state index in [2.05, 4.69) is 54.3 Å². The van der Waals surface area contributed by atoms with Crippen molar-refractivity contribution in [2.24, 2.45) is 5.73 Å². The average Bonchev–Trinajstić information content (AvgIpc) is 3.35. The van der Waals surface area contributed by atoms with Crippen molar-refractivity contribution < 1.29 is 0 Å². The fourth-order valence-electron chi connectivity index (χ4n) is 3.02. The molecule has 0 heterocycles. The lowest BCUT2D eigenvalue weighted by atomic mass is 10.0. The van der Waals surface area contributed by atoms with E-state index in [1.165, 1.54) is 48.6 Å². The maximum atomic E-state index is 6.48. The molecule has 1 saturated carbocycles. The first kappa shape index (κ1) is 14.6. The van der Waals surface area contributed by atoms with Crippen LogP contribution in [0.25, 0.3) is 10.8 Å². The van der Waals surface area contributed by atoms with Gasteiger partial charge in [0.2, 0.25) is 0 Å². The summed E-state index contributed by atoms with van der Waals surface area (Å²) < 4.78 is 0. The standard InChI is InChI=1S/C19H26N2/c1-2-3-12-21(18-10-11-18)14-19(20)17-9-8-15-6-4-5-7-16(15)13-17/h4-9,13,18-19H,2-3,10-12,14,20H2,1H3. The molecule has 0 radical (unpaired) electrons. The number of fused-ring (bicyclic) bond motifs is 1. The number of rotatable bonds is 7. The molecule has 0 aromatic heterocycles. The first-order chi connectivity index (χ1) is 10.3. The molecular weight excluding hydrogens is 256 g/mol. The van der Waals surface area contributed by atoms with E-state index in [4.69, 9.17) is 5.73 Å². The molecule has 1 unspecified atom stereocenters. The van der Waals surface area contributed by atoms with Crippen LogP contribution in [0.4, 0.5) is 0 Å². The van der Waals surface area contributed by atoms with Crippen LogP contribution in [0.2, 0.25) is 0 Å². The van der Waals surface area contributed by atoms with Crippen LogP contribution in [-0.2, 0) is 0 Å². The van der Waals surface area contributed by atoms with Crippen LogP contribution in [0.1, 0.15) is 44.2 Å². The van der Waals surface area contributed by atoms with Gasteiger partial charge in [-0.15, -0.1) is 0 Å². The highest BCUT2D eigenvalue weighted by molar-refractivity contribution is 5.83. The lowest BCUT2D eigenvalue weighted by Gasteiger charge is -2.25. The van der Waals surface area contributed by atoms with Gasteiger partial charge >= 0.3 is 0 Å². The summed E-state index contributed by atoms with van der Waals surface area (Å²) in [6, 6.07) is 16.1. The summed E-state index contributed by atoms with van der Waals surface area (Å²) in [7, 11) is 0. The van der Waals surface area contributed by atoms with Gasteiger partial charge in [-0.05, 0) is 48.2 Å². The Labute approximate surface area is 127 Å². The highest BCUT2D eigenvalue weighted by Crippen LogP contribution is 2.29.